The number of hydrogen-bond donors (Lipinski definition) is 0. The minimum atomic E-state index is -0.408. The molecule has 3 rings (SSSR count). The van der Waals surface area contributed by atoms with Gasteiger partial charge in [-0.2, -0.15) is 20.0 Å². The van der Waals surface area contributed by atoms with E-state index in [-0.39, 0.29) is 5.69 Å². The van der Waals surface area contributed by atoms with Crippen molar-refractivity contribution in [2.24, 2.45) is 5.10 Å². The Morgan fingerprint density at radius 2 is 1.96 bits per heavy atom. The van der Waals surface area contributed by atoms with Crippen LogP contribution in [0.4, 0.5) is 5.69 Å². The summed E-state index contributed by atoms with van der Waals surface area (Å²) >= 11 is 1.35. The first kappa shape index (κ1) is 19.7. The van der Waals surface area contributed by atoms with Gasteiger partial charge in [-0.25, -0.2) is 0 Å². The summed E-state index contributed by atoms with van der Waals surface area (Å²) < 4.78 is 5.07. The highest BCUT2D eigenvalue weighted by Crippen LogP contribution is 2.25. The van der Waals surface area contributed by atoms with E-state index in [4.69, 9.17) is 0 Å². The molecule has 0 N–H and O–H groups in total. The van der Waals surface area contributed by atoms with Crippen LogP contribution in [0.15, 0.2) is 16.5 Å². The quantitative estimate of drug-likeness (QED) is 0.257. The van der Waals surface area contributed by atoms with Crippen LogP contribution < -0.4 is 0 Å². The summed E-state index contributed by atoms with van der Waals surface area (Å²) in [7, 11) is 0. The zero-order valence-corrected chi connectivity index (χ0v) is 17.1. The van der Waals surface area contributed by atoms with Crippen LogP contribution in [0.3, 0.4) is 0 Å². The fourth-order valence-electron chi connectivity index (χ4n) is 2.70. The number of thioether (sulfide) groups is 1. The molecule has 0 bridgehead atoms. The van der Waals surface area contributed by atoms with E-state index in [1.54, 1.807) is 29.4 Å². The van der Waals surface area contributed by atoms with E-state index in [9.17, 15) is 10.1 Å². The number of hydrogen-bond acceptors (Lipinski definition) is 8. The average molecular weight is 403 g/mol. The Balaban J connectivity index is 1.80. The molecule has 3 aromatic rings. The van der Waals surface area contributed by atoms with Crippen molar-refractivity contribution >= 4 is 23.7 Å². The average Bonchev–Trinajstić information content (AvgIpc) is 3.27. The molecule has 0 aliphatic rings. The molecule has 0 saturated heterocycles. The van der Waals surface area contributed by atoms with Crippen molar-refractivity contribution in [2.45, 2.75) is 52.2 Å². The van der Waals surface area contributed by atoms with Crippen LogP contribution in [0.2, 0.25) is 0 Å². The maximum Gasteiger partial charge on any atom is 0.312 e. The molecule has 148 valence electrons. The number of nitro groups is 1. The third-order valence-electron chi connectivity index (χ3n) is 4.23. The van der Waals surface area contributed by atoms with E-state index >= 15 is 0 Å². The van der Waals surface area contributed by atoms with Gasteiger partial charge in [-0.1, -0.05) is 11.8 Å². The third kappa shape index (κ3) is 3.81. The summed E-state index contributed by atoms with van der Waals surface area (Å²) in [6, 6.07) is 0. The standard InChI is InChI=1S/C16H21N9O2S/c1-6-22-8-14(10(2)20-22)7-17-24-13(5)18-19-16(24)28-9-23-12(4)15(25(26)27)11(3)21-23/h7-8H,6,9H2,1-5H3/b17-7+. The van der Waals surface area contributed by atoms with Gasteiger partial charge in [0.1, 0.15) is 11.4 Å². The molecule has 0 unspecified atom stereocenters. The van der Waals surface area contributed by atoms with Crippen molar-refractivity contribution in [1.29, 1.82) is 0 Å². The Hall–Kier alpha value is -3.02. The minimum absolute atomic E-state index is 0.0414. The van der Waals surface area contributed by atoms with Gasteiger partial charge in [-0.05, 0) is 34.6 Å². The van der Waals surface area contributed by atoms with Crippen LogP contribution >= 0.6 is 11.8 Å². The Morgan fingerprint density at radius 1 is 1.21 bits per heavy atom. The van der Waals surface area contributed by atoms with Crippen LogP contribution in [0, 0.1) is 37.8 Å². The second-order valence-corrected chi connectivity index (χ2v) is 7.07. The van der Waals surface area contributed by atoms with Crippen LogP contribution in [-0.2, 0) is 12.4 Å². The lowest BCUT2D eigenvalue weighted by molar-refractivity contribution is -0.386. The highest BCUT2D eigenvalue weighted by Gasteiger charge is 2.22. The molecule has 0 amide bonds. The molecular weight excluding hydrogens is 382 g/mol. The fraction of sp³-hybridized carbons (Fsp3) is 0.438. The van der Waals surface area contributed by atoms with Crippen LogP contribution in [0.1, 0.15) is 35.4 Å². The molecule has 3 aromatic heterocycles. The van der Waals surface area contributed by atoms with Crippen molar-refractivity contribution in [1.82, 2.24) is 34.4 Å². The molecule has 0 aliphatic heterocycles. The molecular formula is C16H21N9O2S. The van der Waals surface area contributed by atoms with Gasteiger partial charge in [0.25, 0.3) is 0 Å². The van der Waals surface area contributed by atoms with Gasteiger partial charge in [-0.3, -0.25) is 19.5 Å². The van der Waals surface area contributed by atoms with Gasteiger partial charge in [0, 0.05) is 18.3 Å². The van der Waals surface area contributed by atoms with Crippen molar-refractivity contribution in [3.8, 4) is 0 Å². The lowest BCUT2D eigenvalue weighted by Gasteiger charge is -2.04. The summed E-state index contributed by atoms with van der Waals surface area (Å²) in [4.78, 5) is 10.7. The largest absolute Gasteiger partial charge is 0.312 e. The second kappa shape index (κ2) is 7.92. The summed E-state index contributed by atoms with van der Waals surface area (Å²) in [5, 5.41) is 33.1. The van der Waals surface area contributed by atoms with E-state index in [1.165, 1.54) is 11.8 Å². The van der Waals surface area contributed by atoms with Gasteiger partial charge < -0.3 is 0 Å². The molecule has 11 nitrogen and oxygen atoms in total. The molecule has 12 heteroatoms. The SMILES string of the molecule is CCn1cc(/C=N/n2c(C)nnc2SCn2nc(C)c([N+](=O)[O-])c2C)c(C)n1. The Kier molecular flexibility index (Phi) is 5.58. The number of rotatable bonds is 7. The normalized spacial score (nSPS) is 11.6. The number of aromatic nitrogens is 7. The highest BCUT2D eigenvalue weighted by atomic mass is 32.2. The Bertz CT molecular complexity index is 1050. The first-order valence-corrected chi connectivity index (χ1v) is 9.62. The molecule has 0 aliphatic carbocycles. The first-order valence-electron chi connectivity index (χ1n) is 8.63. The smallest absolute Gasteiger partial charge is 0.272 e. The molecule has 0 saturated carbocycles. The van der Waals surface area contributed by atoms with Crippen LogP contribution in [0.5, 0.6) is 0 Å². The maximum absolute atomic E-state index is 11.2. The third-order valence-corrected chi connectivity index (χ3v) is 5.12. The Morgan fingerprint density at radius 3 is 2.57 bits per heavy atom. The first-order chi connectivity index (χ1) is 13.3. The predicted octanol–water partition coefficient (Wildman–Crippen LogP) is 2.46. The minimum Gasteiger partial charge on any atom is -0.272 e. The van der Waals surface area contributed by atoms with Gasteiger partial charge in [-0.15, -0.1) is 10.2 Å². The van der Waals surface area contributed by atoms with Gasteiger partial charge in [0.05, 0.1) is 22.7 Å². The van der Waals surface area contributed by atoms with Gasteiger partial charge >= 0.3 is 5.69 Å². The highest BCUT2D eigenvalue weighted by molar-refractivity contribution is 7.98. The van der Waals surface area contributed by atoms with Gasteiger partial charge in [0.2, 0.25) is 5.16 Å². The summed E-state index contributed by atoms with van der Waals surface area (Å²) in [6.07, 6.45) is 3.66. The summed E-state index contributed by atoms with van der Waals surface area (Å²) in [6.45, 7) is 9.86. The molecule has 0 fully saturated rings. The second-order valence-electron chi connectivity index (χ2n) is 6.16. The summed E-state index contributed by atoms with van der Waals surface area (Å²) in [5.41, 5.74) is 2.74. The molecule has 0 radical (unpaired) electrons. The molecule has 0 spiro atoms. The van der Waals surface area contributed by atoms with E-state index < -0.39 is 4.92 Å². The van der Waals surface area contributed by atoms with E-state index in [2.05, 4.69) is 25.5 Å². The summed E-state index contributed by atoms with van der Waals surface area (Å²) in [5.74, 6) is 1.000. The molecule has 3 heterocycles. The van der Waals surface area contributed by atoms with Crippen LogP contribution in [0.25, 0.3) is 0 Å². The fourth-order valence-corrected chi connectivity index (χ4v) is 3.59. The lowest BCUT2D eigenvalue weighted by Crippen LogP contribution is -2.02. The lowest BCUT2D eigenvalue weighted by atomic mass is 10.3. The van der Waals surface area contributed by atoms with Crippen molar-refractivity contribution in [2.75, 3.05) is 0 Å². The van der Waals surface area contributed by atoms with E-state index in [0.717, 1.165) is 17.8 Å². The topological polar surface area (TPSA) is 122 Å². The number of nitrogens with zero attached hydrogens (tertiary/aromatic N) is 9. The van der Waals surface area contributed by atoms with E-state index in [0.29, 0.717) is 28.2 Å². The van der Waals surface area contributed by atoms with Crippen molar-refractivity contribution < 1.29 is 4.92 Å². The van der Waals surface area contributed by atoms with Crippen LogP contribution in [-0.4, -0.2) is 45.6 Å². The zero-order chi connectivity index (χ0) is 20.4. The zero-order valence-electron chi connectivity index (χ0n) is 16.3. The molecule has 0 aromatic carbocycles. The molecule has 0 atom stereocenters. The van der Waals surface area contributed by atoms with E-state index in [1.807, 2.05) is 31.6 Å². The predicted molar refractivity (Wildman–Crippen MR) is 105 cm³/mol. The monoisotopic (exact) mass is 403 g/mol. The van der Waals surface area contributed by atoms with Crippen molar-refractivity contribution in [3.63, 3.8) is 0 Å². The van der Waals surface area contributed by atoms with Gasteiger partial charge in [0.15, 0.2) is 5.82 Å². The van der Waals surface area contributed by atoms with Crippen molar-refractivity contribution in [3.05, 3.63) is 44.8 Å². The Labute approximate surface area is 165 Å². The molecule has 28 heavy (non-hydrogen) atoms. The maximum atomic E-state index is 11.2. The number of aryl methyl sites for hydroxylation is 4.